The van der Waals surface area contributed by atoms with E-state index in [-0.39, 0.29) is 17.2 Å². The van der Waals surface area contributed by atoms with Gasteiger partial charge >= 0.3 is 0 Å². The number of hydrogen-bond donors (Lipinski definition) is 2. The Balaban J connectivity index is 2.40. The third-order valence-electron chi connectivity index (χ3n) is 2.52. The number of halogens is 2. The maximum Gasteiger partial charge on any atom is 0.266 e. The highest BCUT2D eigenvalue weighted by atomic mass is 79.9. The van der Waals surface area contributed by atoms with Crippen LogP contribution in [0.15, 0.2) is 27.0 Å². The van der Waals surface area contributed by atoms with Gasteiger partial charge in [-0.25, -0.2) is 12.8 Å². The molecule has 2 N–H and O–H groups in total. The second-order valence-corrected chi connectivity index (χ2v) is 7.41. The summed E-state index contributed by atoms with van der Waals surface area (Å²) in [6.07, 6.45) is 0. The van der Waals surface area contributed by atoms with Crippen LogP contribution in [0.4, 0.5) is 9.52 Å². The second kappa shape index (κ2) is 6.77. The zero-order valence-corrected chi connectivity index (χ0v) is 14.1. The molecule has 0 saturated carbocycles. The van der Waals surface area contributed by atoms with Gasteiger partial charge in [0.1, 0.15) is 16.2 Å². The summed E-state index contributed by atoms with van der Waals surface area (Å²) in [5.74, 6) is -0.781. The van der Waals surface area contributed by atoms with E-state index in [4.69, 9.17) is 0 Å². The predicted octanol–water partition coefficient (Wildman–Crippen LogP) is 2.35. The summed E-state index contributed by atoms with van der Waals surface area (Å²) < 4.78 is 41.6. The van der Waals surface area contributed by atoms with E-state index in [9.17, 15) is 12.8 Å². The summed E-state index contributed by atoms with van der Waals surface area (Å²) in [6, 6.07) is 2.76. The van der Waals surface area contributed by atoms with Crippen molar-refractivity contribution in [3.8, 4) is 0 Å². The van der Waals surface area contributed by atoms with Gasteiger partial charge in [-0.15, -0.1) is 10.2 Å². The Bertz CT molecular complexity index is 722. The molecule has 0 fully saturated rings. The topological polar surface area (TPSA) is 84.0 Å². The summed E-state index contributed by atoms with van der Waals surface area (Å²) in [7, 11) is -4.06. The summed E-state index contributed by atoms with van der Waals surface area (Å²) in [5, 5.41) is 10.2. The van der Waals surface area contributed by atoms with E-state index in [1.54, 1.807) is 6.07 Å². The maximum atomic E-state index is 14.4. The molecule has 0 bridgehead atoms. The van der Waals surface area contributed by atoms with Crippen LogP contribution >= 0.6 is 27.3 Å². The number of rotatable bonds is 6. The van der Waals surface area contributed by atoms with Gasteiger partial charge in [-0.05, 0) is 18.7 Å². The lowest BCUT2D eigenvalue weighted by Gasteiger charge is -2.11. The zero-order valence-electron chi connectivity index (χ0n) is 10.9. The van der Waals surface area contributed by atoms with Crippen molar-refractivity contribution in [2.24, 2.45) is 0 Å². The normalized spacial score (nSPS) is 11.6. The Morgan fingerprint density at radius 2 is 2.19 bits per heavy atom. The first kappa shape index (κ1) is 16.3. The lowest BCUT2D eigenvalue weighted by atomic mass is 10.2. The van der Waals surface area contributed by atoms with E-state index in [1.807, 2.05) is 6.92 Å². The van der Waals surface area contributed by atoms with Crippen LogP contribution in [0, 0.1) is 5.82 Å². The zero-order chi connectivity index (χ0) is 15.5. The first-order valence-corrected chi connectivity index (χ1v) is 9.07. The Morgan fingerprint density at radius 3 is 2.81 bits per heavy atom. The van der Waals surface area contributed by atoms with Crippen molar-refractivity contribution >= 4 is 42.4 Å². The molecule has 21 heavy (non-hydrogen) atoms. The molecular formula is C11H12BrFN4O2S2. The summed E-state index contributed by atoms with van der Waals surface area (Å²) in [4.78, 5) is -0.431. The lowest BCUT2D eigenvalue weighted by Crippen LogP contribution is -2.18. The van der Waals surface area contributed by atoms with Gasteiger partial charge in [-0.2, -0.15) is 0 Å². The second-order valence-electron chi connectivity index (χ2n) is 4.01. The monoisotopic (exact) mass is 394 g/mol. The minimum atomic E-state index is -4.06. The molecule has 1 aromatic carbocycles. The Hall–Kier alpha value is -1.10. The summed E-state index contributed by atoms with van der Waals surface area (Å²) in [6.45, 7) is 2.77. The molecule has 0 aliphatic heterocycles. The Kier molecular flexibility index (Phi) is 5.25. The molecular weight excluding hydrogens is 383 g/mol. The molecule has 2 rings (SSSR count). The van der Waals surface area contributed by atoms with Crippen molar-refractivity contribution in [2.75, 3.05) is 11.3 Å². The Morgan fingerprint density at radius 1 is 1.43 bits per heavy atom. The fourth-order valence-corrected chi connectivity index (χ4v) is 4.09. The Labute approximate surface area is 134 Å². The highest BCUT2D eigenvalue weighted by molar-refractivity contribution is 9.10. The molecule has 10 heteroatoms. The molecule has 1 aromatic heterocycles. The van der Waals surface area contributed by atoms with Crippen molar-refractivity contribution < 1.29 is 12.8 Å². The van der Waals surface area contributed by atoms with Crippen LogP contribution in [0.2, 0.25) is 0 Å². The minimum absolute atomic E-state index is 0.0857. The molecule has 0 aliphatic carbocycles. The number of nitrogens with zero attached hydrogens (tertiary/aromatic N) is 2. The molecule has 0 unspecified atom stereocenters. The molecule has 6 nitrogen and oxygen atoms in total. The third-order valence-corrected chi connectivity index (χ3v) is 5.05. The standard InChI is InChI=1S/C11H12BrFN4O2S2/c1-2-14-5-7-3-8(12)4-9(10(7)13)21(18,19)17-11-16-15-6-20-11/h3-4,6,14H,2,5H2,1H3,(H,16,17). The van der Waals surface area contributed by atoms with E-state index in [0.29, 0.717) is 11.0 Å². The van der Waals surface area contributed by atoms with Crippen LogP contribution in [0.5, 0.6) is 0 Å². The lowest BCUT2D eigenvalue weighted by molar-refractivity contribution is 0.552. The largest absolute Gasteiger partial charge is 0.313 e. The van der Waals surface area contributed by atoms with Gasteiger partial charge in [0.05, 0.1) is 0 Å². The third kappa shape index (κ3) is 3.96. The van der Waals surface area contributed by atoms with Gasteiger partial charge < -0.3 is 5.32 Å². The molecule has 114 valence electrons. The van der Waals surface area contributed by atoms with Crippen molar-refractivity contribution in [3.63, 3.8) is 0 Å². The predicted molar refractivity (Wildman–Crippen MR) is 82.2 cm³/mol. The van der Waals surface area contributed by atoms with Crippen molar-refractivity contribution in [1.29, 1.82) is 0 Å². The van der Waals surface area contributed by atoms with Crippen LogP contribution in [0.25, 0.3) is 0 Å². The highest BCUT2D eigenvalue weighted by Crippen LogP contribution is 2.26. The number of nitrogens with one attached hydrogen (secondary N) is 2. The minimum Gasteiger partial charge on any atom is -0.313 e. The van der Waals surface area contributed by atoms with Gasteiger partial charge in [0.15, 0.2) is 0 Å². The first-order valence-electron chi connectivity index (χ1n) is 5.91. The van der Waals surface area contributed by atoms with Gasteiger partial charge in [-0.3, -0.25) is 4.72 Å². The molecule has 0 amide bonds. The quantitative estimate of drug-likeness (QED) is 0.785. The fourth-order valence-electron chi connectivity index (χ4n) is 1.59. The van der Waals surface area contributed by atoms with Gasteiger partial charge in [0, 0.05) is 16.6 Å². The number of hydrogen-bond acceptors (Lipinski definition) is 6. The summed E-state index contributed by atoms with van der Waals surface area (Å²) in [5.41, 5.74) is 1.65. The van der Waals surface area contributed by atoms with E-state index in [1.165, 1.54) is 11.6 Å². The van der Waals surface area contributed by atoms with Gasteiger partial charge in [-0.1, -0.05) is 34.2 Å². The van der Waals surface area contributed by atoms with Crippen molar-refractivity contribution in [3.05, 3.63) is 33.5 Å². The van der Waals surface area contributed by atoms with E-state index in [0.717, 1.165) is 11.3 Å². The molecule has 1 heterocycles. The summed E-state index contributed by atoms with van der Waals surface area (Å²) >= 11 is 4.21. The van der Waals surface area contributed by atoms with E-state index < -0.39 is 20.7 Å². The van der Waals surface area contributed by atoms with Crippen molar-refractivity contribution in [2.45, 2.75) is 18.4 Å². The average Bonchev–Trinajstić information content (AvgIpc) is 2.91. The smallest absolute Gasteiger partial charge is 0.266 e. The molecule has 0 atom stereocenters. The highest BCUT2D eigenvalue weighted by Gasteiger charge is 2.23. The van der Waals surface area contributed by atoms with Gasteiger partial charge in [0.2, 0.25) is 5.13 Å². The van der Waals surface area contributed by atoms with Gasteiger partial charge in [0.25, 0.3) is 10.0 Å². The van der Waals surface area contributed by atoms with Crippen LogP contribution in [0.1, 0.15) is 12.5 Å². The van der Waals surface area contributed by atoms with Crippen molar-refractivity contribution in [1.82, 2.24) is 15.5 Å². The SMILES string of the molecule is CCNCc1cc(Br)cc(S(=O)(=O)Nc2nncs2)c1F. The van der Waals surface area contributed by atoms with Crippen LogP contribution in [-0.4, -0.2) is 25.2 Å². The fraction of sp³-hybridized carbons (Fsp3) is 0.273. The van der Waals surface area contributed by atoms with Crippen LogP contribution in [-0.2, 0) is 16.6 Å². The molecule has 0 radical (unpaired) electrons. The average molecular weight is 395 g/mol. The molecule has 0 saturated heterocycles. The van der Waals surface area contributed by atoms with Crippen LogP contribution in [0.3, 0.4) is 0 Å². The van der Waals surface area contributed by atoms with Crippen LogP contribution < -0.4 is 10.0 Å². The first-order chi connectivity index (χ1) is 9.94. The van der Waals surface area contributed by atoms with E-state index >= 15 is 0 Å². The molecule has 0 aliphatic rings. The van der Waals surface area contributed by atoms with E-state index in [2.05, 4.69) is 36.2 Å². The maximum absolute atomic E-state index is 14.4. The molecule has 0 spiro atoms. The number of aromatic nitrogens is 2. The number of benzene rings is 1. The molecule has 2 aromatic rings. The number of sulfonamides is 1. The number of anilines is 1.